The van der Waals surface area contributed by atoms with E-state index in [9.17, 15) is 4.39 Å². The quantitative estimate of drug-likeness (QED) is 0.827. The Balaban J connectivity index is 1.69. The molecule has 2 aromatic rings. The summed E-state index contributed by atoms with van der Waals surface area (Å²) in [6.07, 6.45) is 6.10. The minimum atomic E-state index is -0.245. The molecule has 1 saturated heterocycles. The molecule has 0 saturated carbocycles. The van der Waals surface area contributed by atoms with Crippen molar-refractivity contribution in [3.05, 3.63) is 45.9 Å². The summed E-state index contributed by atoms with van der Waals surface area (Å²) in [5, 5.41) is 3.05. The molecule has 1 aromatic carbocycles. The minimum absolute atomic E-state index is 0.245. The van der Waals surface area contributed by atoms with E-state index in [0.717, 1.165) is 42.5 Å². The van der Waals surface area contributed by atoms with Crippen LogP contribution in [0.5, 0.6) is 0 Å². The van der Waals surface area contributed by atoms with Crippen molar-refractivity contribution >= 4 is 27.6 Å². The molecule has 2 heterocycles. The Morgan fingerprint density at radius 1 is 1.43 bits per heavy atom. The smallest absolute Gasteiger partial charge is 0.227 e. The number of nitrogens with zero attached hydrogens (tertiary/aromatic N) is 2. The third-order valence-corrected chi connectivity index (χ3v) is 4.63. The highest BCUT2D eigenvalue weighted by molar-refractivity contribution is 9.10. The average Bonchev–Trinajstić information content (AvgIpc) is 3.05. The van der Waals surface area contributed by atoms with Crippen molar-refractivity contribution in [2.45, 2.75) is 38.7 Å². The number of rotatable bonds is 5. The normalized spacial score (nSPS) is 17.4. The van der Waals surface area contributed by atoms with Gasteiger partial charge >= 0.3 is 0 Å². The van der Waals surface area contributed by atoms with Crippen LogP contribution in [0.3, 0.4) is 0 Å². The standard InChI is InChI=1S/C17H19BrFN3O/c1-11-4-5-12(9-15(11)19)21-17-20-10-14(18)16(22-17)7-6-13-3-2-8-23-13/h4-5,9-10,13H,2-3,6-8H2,1H3,(H,20,21,22). The summed E-state index contributed by atoms with van der Waals surface area (Å²) in [4.78, 5) is 8.78. The number of nitrogens with one attached hydrogen (secondary N) is 1. The Labute approximate surface area is 143 Å². The maximum atomic E-state index is 13.6. The topological polar surface area (TPSA) is 47.0 Å². The summed E-state index contributed by atoms with van der Waals surface area (Å²) in [6.45, 7) is 2.60. The molecule has 122 valence electrons. The van der Waals surface area contributed by atoms with Gasteiger partial charge < -0.3 is 10.1 Å². The lowest BCUT2D eigenvalue weighted by Gasteiger charge is -2.11. The number of ether oxygens (including phenoxy) is 1. The number of hydrogen-bond acceptors (Lipinski definition) is 4. The third kappa shape index (κ3) is 4.26. The molecule has 1 N–H and O–H groups in total. The van der Waals surface area contributed by atoms with Gasteiger partial charge in [-0.25, -0.2) is 14.4 Å². The molecule has 1 atom stereocenters. The summed E-state index contributed by atoms with van der Waals surface area (Å²) < 4.78 is 20.2. The Morgan fingerprint density at radius 3 is 3.04 bits per heavy atom. The van der Waals surface area contributed by atoms with Crippen molar-refractivity contribution in [1.82, 2.24) is 9.97 Å². The molecular formula is C17H19BrFN3O. The lowest BCUT2D eigenvalue weighted by atomic mass is 10.1. The molecule has 0 bridgehead atoms. The average molecular weight is 380 g/mol. The van der Waals surface area contributed by atoms with E-state index >= 15 is 0 Å². The van der Waals surface area contributed by atoms with Gasteiger partial charge in [0.1, 0.15) is 5.82 Å². The van der Waals surface area contributed by atoms with Crippen LogP contribution in [-0.4, -0.2) is 22.7 Å². The van der Waals surface area contributed by atoms with Crippen molar-refractivity contribution in [3.8, 4) is 0 Å². The van der Waals surface area contributed by atoms with Gasteiger partial charge in [0.05, 0.1) is 16.3 Å². The Kier molecular flexibility index (Phi) is 5.23. The fourth-order valence-electron chi connectivity index (χ4n) is 2.61. The Bertz CT molecular complexity index is 690. The number of aryl methyl sites for hydroxylation is 2. The molecule has 0 amide bonds. The van der Waals surface area contributed by atoms with E-state index in [1.54, 1.807) is 19.2 Å². The second kappa shape index (κ2) is 7.36. The number of anilines is 2. The molecule has 0 aliphatic carbocycles. The van der Waals surface area contributed by atoms with Crippen molar-refractivity contribution < 1.29 is 9.13 Å². The summed E-state index contributed by atoms with van der Waals surface area (Å²) in [6, 6.07) is 5.00. The van der Waals surface area contributed by atoms with E-state index in [1.807, 2.05) is 6.07 Å². The first-order chi connectivity index (χ1) is 11.1. The molecule has 4 nitrogen and oxygen atoms in total. The molecule has 1 unspecified atom stereocenters. The van der Waals surface area contributed by atoms with Gasteiger partial charge in [0.15, 0.2) is 0 Å². The first-order valence-electron chi connectivity index (χ1n) is 7.78. The Morgan fingerprint density at radius 2 is 2.30 bits per heavy atom. The monoisotopic (exact) mass is 379 g/mol. The number of hydrogen-bond donors (Lipinski definition) is 1. The zero-order valence-corrected chi connectivity index (χ0v) is 14.6. The van der Waals surface area contributed by atoms with E-state index in [2.05, 4.69) is 31.2 Å². The number of benzene rings is 1. The predicted octanol–water partition coefficient (Wildman–Crippen LogP) is 4.54. The van der Waals surface area contributed by atoms with Crippen LogP contribution in [0.2, 0.25) is 0 Å². The third-order valence-electron chi connectivity index (χ3n) is 3.97. The molecule has 1 aliphatic rings. The molecule has 0 radical (unpaired) electrons. The molecule has 1 fully saturated rings. The van der Waals surface area contributed by atoms with Crippen LogP contribution in [0, 0.1) is 12.7 Å². The van der Waals surface area contributed by atoms with Crippen LogP contribution in [0.15, 0.2) is 28.9 Å². The molecular weight excluding hydrogens is 361 g/mol. The fraction of sp³-hybridized carbons (Fsp3) is 0.412. The lowest BCUT2D eigenvalue weighted by Crippen LogP contribution is -2.08. The van der Waals surface area contributed by atoms with Crippen molar-refractivity contribution in [2.75, 3.05) is 11.9 Å². The van der Waals surface area contributed by atoms with Crippen LogP contribution in [0.25, 0.3) is 0 Å². The van der Waals surface area contributed by atoms with E-state index < -0.39 is 0 Å². The van der Waals surface area contributed by atoms with Crippen molar-refractivity contribution in [1.29, 1.82) is 0 Å². The second-order valence-corrected chi connectivity index (χ2v) is 6.61. The van der Waals surface area contributed by atoms with Gasteiger partial charge in [-0.15, -0.1) is 0 Å². The van der Waals surface area contributed by atoms with Crippen LogP contribution in [0.4, 0.5) is 16.0 Å². The zero-order chi connectivity index (χ0) is 16.2. The largest absolute Gasteiger partial charge is 0.378 e. The summed E-state index contributed by atoms with van der Waals surface area (Å²) in [5.41, 5.74) is 2.19. The molecule has 6 heteroatoms. The minimum Gasteiger partial charge on any atom is -0.378 e. The summed E-state index contributed by atoms with van der Waals surface area (Å²) >= 11 is 3.49. The van der Waals surface area contributed by atoms with Gasteiger partial charge in [-0.05, 0) is 66.2 Å². The van der Waals surface area contributed by atoms with E-state index in [4.69, 9.17) is 4.74 Å². The van der Waals surface area contributed by atoms with Crippen LogP contribution < -0.4 is 5.32 Å². The highest BCUT2D eigenvalue weighted by Crippen LogP contribution is 2.23. The number of aromatic nitrogens is 2. The molecule has 23 heavy (non-hydrogen) atoms. The van der Waals surface area contributed by atoms with E-state index in [0.29, 0.717) is 23.3 Å². The summed E-state index contributed by atoms with van der Waals surface area (Å²) in [5.74, 6) is 0.226. The molecule has 0 spiro atoms. The van der Waals surface area contributed by atoms with Gasteiger partial charge in [0, 0.05) is 18.5 Å². The summed E-state index contributed by atoms with van der Waals surface area (Å²) in [7, 11) is 0. The first kappa shape index (κ1) is 16.3. The van der Waals surface area contributed by atoms with E-state index in [-0.39, 0.29) is 5.82 Å². The Hall–Kier alpha value is -1.53. The van der Waals surface area contributed by atoms with Crippen molar-refractivity contribution in [3.63, 3.8) is 0 Å². The van der Waals surface area contributed by atoms with Gasteiger partial charge in [-0.1, -0.05) is 6.07 Å². The highest BCUT2D eigenvalue weighted by Gasteiger charge is 2.16. The van der Waals surface area contributed by atoms with Crippen molar-refractivity contribution in [2.24, 2.45) is 0 Å². The van der Waals surface area contributed by atoms with Gasteiger partial charge in [-0.3, -0.25) is 0 Å². The van der Waals surface area contributed by atoms with Crippen LogP contribution in [-0.2, 0) is 11.2 Å². The van der Waals surface area contributed by atoms with Gasteiger partial charge in [-0.2, -0.15) is 0 Å². The van der Waals surface area contributed by atoms with Gasteiger partial charge in [0.2, 0.25) is 5.95 Å². The van der Waals surface area contributed by atoms with Gasteiger partial charge in [0.25, 0.3) is 0 Å². The number of halogens is 2. The maximum Gasteiger partial charge on any atom is 0.227 e. The fourth-order valence-corrected chi connectivity index (χ4v) is 3.00. The molecule has 1 aromatic heterocycles. The predicted molar refractivity (Wildman–Crippen MR) is 91.4 cm³/mol. The zero-order valence-electron chi connectivity index (χ0n) is 13.0. The van der Waals surface area contributed by atoms with Crippen LogP contribution in [0.1, 0.15) is 30.5 Å². The van der Waals surface area contributed by atoms with E-state index in [1.165, 1.54) is 6.07 Å². The SMILES string of the molecule is Cc1ccc(Nc2ncc(Br)c(CCC3CCCO3)n2)cc1F. The van der Waals surface area contributed by atoms with Crippen LogP contribution >= 0.6 is 15.9 Å². The lowest BCUT2D eigenvalue weighted by molar-refractivity contribution is 0.104. The maximum absolute atomic E-state index is 13.6. The second-order valence-electron chi connectivity index (χ2n) is 5.75. The highest BCUT2D eigenvalue weighted by atomic mass is 79.9. The molecule has 1 aliphatic heterocycles. The molecule has 3 rings (SSSR count). The first-order valence-corrected chi connectivity index (χ1v) is 8.57.